The largest absolute Gasteiger partial charge is 0.497 e. The first-order valence-electron chi connectivity index (χ1n) is 9.45. The molecule has 0 aliphatic carbocycles. The summed E-state index contributed by atoms with van der Waals surface area (Å²) in [5, 5.41) is 9.35. The standard InChI is InChI=1S/C22H26N4O2S/c1-15(2)19(21(27)25(3)4)29-22-24-23-20(16-11-13-18(28-5)14-12-16)26(22)17-9-7-6-8-10-17/h6-15,19H,1-5H3. The third-order valence-corrected chi connectivity index (χ3v) is 5.99. The maximum atomic E-state index is 12.7. The number of carbonyl (C=O) groups excluding carboxylic acids is 1. The molecule has 0 aliphatic heterocycles. The summed E-state index contributed by atoms with van der Waals surface area (Å²) in [6.07, 6.45) is 0. The molecule has 0 radical (unpaired) electrons. The Hall–Kier alpha value is -2.80. The van der Waals surface area contributed by atoms with Crippen molar-refractivity contribution in [2.24, 2.45) is 5.92 Å². The van der Waals surface area contributed by atoms with Crippen LogP contribution in [0.15, 0.2) is 59.8 Å². The van der Waals surface area contributed by atoms with E-state index < -0.39 is 0 Å². The van der Waals surface area contributed by atoms with E-state index in [1.54, 1.807) is 26.1 Å². The molecule has 0 spiro atoms. The molecule has 3 rings (SSSR count). The molecule has 3 aromatic rings. The van der Waals surface area contributed by atoms with Gasteiger partial charge in [0.1, 0.15) is 5.75 Å². The van der Waals surface area contributed by atoms with Gasteiger partial charge in [-0.2, -0.15) is 0 Å². The Balaban J connectivity index is 2.08. The highest BCUT2D eigenvalue weighted by Crippen LogP contribution is 2.33. The summed E-state index contributed by atoms with van der Waals surface area (Å²) < 4.78 is 7.27. The number of hydrogen-bond donors (Lipinski definition) is 0. The van der Waals surface area contributed by atoms with Crippen LogP contribution in [0.3, 0.4) is 0 Å². The summed E-state index contributed by atoms with van der Waals surface area (Å²) in [5.41, 5.74) is 1.87. The van der Waals surface area contributed by atoms with Crippen molar-refractivity contribution in [3.8, 4) is 22.8 Å². The Kier molecular flexibility index (Phi) is 6.59. The second-order valence-electron chi connectivity index (χ2n) is 7.22. The van der Waals surface area contributed by atoms with E-state index in [4.69, 9.17) is 4.74 Å². The molecule has 0 N–H and O–H groups in total. The maximum absolute atomic E-state index is 12.7. The van der Waals surface area contributed by atoms with Crippen LogP contribution in [0.2, 0.25) is 0 Å². The molecular formula is C22H26N4O2S. The zero-order chi connectivity index (χ0) is 21.0. The van der Waals surface area contributed by atoms with Crippen LogP contribution in [0.4, 0.5) is 0 Å². The Morgan fingerprint density at radius 3 is 2.24 bits per heavy atom. The SMILES string of the molecule is COc1ccc(-c2nnc(SC(C(=O)N(C)C)C(C)C)n2-c2ccccc2)cc1. The Morgan fingerprint density at radius 1 is 1.03 bits per heavy atom. The topological polar surface area (TPSA) is 60.3 Å². The van der Waals surface area contributed by atoms with Crippen LogP contribution in [0, 0.1) is 5.92 Å². The minimum atomic E-state index is -0.250. The molecule has 1 atom stereocenters. The molecule has 0 fully saturated rings. The lowest BCUT2D eigenvalue weighted by molar-refractivity contribution is -0.128. The number of nitrogens with zero attached hydrogens (tertiary/aromatic N) is 4. The van der Waals surface area contributed by atoms with Crippen molar-refractivity contribution < 1.29 is 9.53 Å². The average Bonchev–Trinajstić information content (AvgIpc) is 3.15. The fraction of sp³-hybridized carbons (Fsp3) is 0.318. The number of rotatable bonds is 7. The predicted octanol–water partition coefficient (Wildman–Crippen LogP) is 4.15. The van der Waals surface area contributed by atoms with E-state index in [1.165, 1.54) is 11.8 Å². The average molecular weight is 411 g/mol. The van der Waals surface area contributed by atoms with Crippen molar-refractivity contribution in [3.63, 3.8) is 0 Å². The van der Waals surface area contributed by atoms with Crippen LogP contribution < -0.4 is 4.74 Å². The van der Waals surface area contributed by atoms with Gasteiger partial charge >= 0.3 is 0 Å². The number of hydrogen-bond acceptors (Lipinski definition) is 5. The van der Waals surface area contributed by atoms with Gasteiger partial charge in [-0.05, 0) is 42.3 Å². The number of thioether (sulfide) groups is 1. The molecule has 29 heavy (non-hydrogen) atoms. The smallest absolute Gasteiger partial charge is 0.235 e. The van der Waals surface area contributed by atoms with E-state index in [0.29, 0.717) is 5.16 Å². The first-order valence-corrected chi connectivity index (χ1v) is 10.3. The number of carbonyl (C=O) groups is 1. The van der Waals surface area contributed by atoms with Gasteiger partial charge in [0.15, 0.2) is 11.0 Å². The predicted molar refractivity (Wildman–Crippen MR) is 117 cm³/mol. The van der Waals surface area contributed by atoms with Crippen LogP contribution in [0.1, 0.15) is 13.8 Å². The number of ether oxygens (including phenoxy) is 1. The third kappa shape index (κ3) is 4.62. The summed E-state index contributed by atoms with van der Waals surface area (Å²) in [6, 6.07) is 17.7. The molecule has 2 aromatic carbocycles. The highest BCUT2D eigenvalue weighted by atomic mass is 32.2. The van der Waals surface area contributed by atoms with Crippen molar-refractivity contribution in [3.05, 3.63) is 54.6 Å². The number of aromatic nitrogens is 3. The zero-order valence-electron chi connectivity index (χ0n) is 17.4. The minimum absolute atomic E-state index is 0.0682. The van der Waals surface area contributed by atoms with Crippen molar-refractivity contribution >= 4 is 17.7 Å². The maximum Gasteiger partial charge on any atom is 0.235 e. The van der Waals surface area contributed by atoms with Gasteiger partial charge in [0.05, 0.1) is 12.4 Å². The second kappa shape index (κ2) is 9.13. The van der Waals surface area contributed by atoms with E-state index >= 15 is 0 Å². The van der Waals surface area contributed by atoms with Gasteiger partial charge in [0.2, 0.25) is 5.91 Å². The van der Waals surface area contributed by atoms with E-state index in [1.807, 2.05) is 73.0 Å². The van der Waals surface area contributed by atoms with Gasteiger partial charge in [-0.25, -0.2) is 0 Å². The quantitative estimate of drug-likeness (QED) is 0.548. The lowest BCUT2D eigenvalue weighted by Crippen LogP contribution is -2.35. The van der Waals surface area contributed by atoms with E-state index in [-0.39, 0.29) is 17.1 Å². The van der Waals surface area contributed by atoms with E-state index in [9.17, 15) is 4.79 Å². The molecule has 1 amide bonds. The lowest BCUT2D eigenvalue weighted by atomic mass is 10.1. The third-order valence-electron chi connectivity index (χ3n) is 4.52. The Labute approximate surface area is 175 Å². The van der Waals surface area contributed by atoms with E-state index in [2.05, 4.69) is 10.2 Å². The molecule has 0 bridgehead atoms. The fourth-order valence-corrected chi connectivity index (χ4v) is 4.12. The molecule has 0 aliphatic rings. The second-order valence-corrected chi connectivity index (χ2v) is 8.33. The minimum Gasteiger partial charge on any atom is -0.497 e. The van der Waals surface area contributed by atoms with Crippen LogP contribution in [0.25, 0.3) is 17.1 Å². The first kappa shape index (κ1) is 20.9. The van der Waals surface area contributed by atoms with Crippen molar-refractivity contribution in [1.82, 2.24) is 19.7 Å². The Morgan fingerprint density at radius 2 is 1.69 bits per heavy atom. The molecule has 0 saturated heterocycles. The number of amides is 1. The van der Waals surface area contributed by atoms with Gasteiger partial charge in [-0.1, -0.05) is 43.8 Å². The number of para-hydroxylation sites is 1. The summed E-state index contributed by atoms with van der Waals surface area (Å²) in [6.45, 7) is 4.10. The van der Waals surface area contributed by atoms with Gasteiger partial charge < -0.3 is 9.64 Å². The van der Waals surface area contributed by atoms with Crippen LogP contribution in [0.5, 0.6) is 5.75 Å². The summed E-state index contributed by atoms with van der Waals surface area (Å²) in [4.78, 5) is 14.3. The zero-order valence-corrected chi connectivity index (χ0v) is 18.2. The van der Waals surface area contributed by atoms with Gasteiger partial charge in [-0.15, -0.1) is 10.2 Å². The van der Waals surface area contributed by atoms with Gasteiger partial charge in [-0.3, -0.25) is 9.36 Å². The highest BCUT2D eigenvalue weighted by molar-refractivity contribution is 8.00. The monoisotopic (exact) mass is 410 g/mol. The molecule has 1 unspecified atom stereocenters. The summed E-state index contributed by atoms with van der Waals surface area (Å²) >= 11 is 1.45. The van der Waals surface area contributed by atoms with Crippen LogP contribution in [-0.2, 0) is 4.79 Å². The van der Waals surface area contributed by atoms with E-state index in [0.717, 1.165) is 22.8 Å². The molecule has 7 heteroatoms. The van der Waals surface area contributed by atoms with Gasteiger partial charge in [0.25, 0.3) is 0 Å². The van der Waals surface area contributed by atoms with Crippen LogP contribution >= 0.6 is 11.8 Å². The van der Waals surface area contributed by atoms with Crippen molar-refractivity contribution in [2.75, 3.05) is 21.2 Å². The molecule has 6 nitrogen and oxygen atoms in total. The Bertz CT molecular complexity index is 953. The molecule has 1 aromatic heterocycles. The normalized spacial score (nSPS) is 12.1. The first-order chi connectivity index (χ1) is 13.9. The summed E-state index contributed by atoms with van der Waals surface area (Å²) in [7, 11) is 5.20. The lowest BCUT2D eigenvalue weighted by Gasteiger charge is -2.23. The number of benzene rings is 2. The molecule has 152 valence electrons. The van der Waals surface area contributed by atoms with Crippen molar-refractivity contribution in [1.29, 1.82) is 0 Å². The van der Waals surface area contributed by atoms with Gasteiger partial charge in [0, 0.05) is 25.3 Å². The summed E-state index contributed by atoms with van der Waals surface area (Å²) in [5.74, 6) is 1.73. The van der Waals surface area contributed by atoms with Crippen molar-refractivity contribution in [2.45, 2.75) is 24.3 Å². The molecule has 1 heterocycles. The fourth-order valence-electron chi connectivity index (χ4n) is 2.92. The number of methoxy groups -OCH3 is 1. The highest BCUT2D eigenvalue weighted by Gasteiger charge is 2.28. The van der Waals surface area contributed by atoms with Crippen LogP contribution in [-0.4, -0.2) is 52.0 Å². The molecule has 0 saturated carbocycles. The molecular weight excluding hydrogens is 384 g/mol.